The van der Waals surface area contributed by atoms with Crippen molar-refractivity contribution in [2.24, 2.45) is 5.10 Å². The van der Waals surface area contributed by atoms with E-state index >= 15 is 0 Å². The number of rotatable bonds is 6. The molecule has 1 aliphatic heterocycles. The van der Waals surface area contributed by atoms with E-state index < -0.39 is 0 Å². The van der Waals surface area contributed by atoms with E-state index in [1.54, 1.807) is 13.4 Å². The van der Waals surface area contributed by atoms with Gasteiger partial charge in [-0.1, -0.05) is 11.8 Å². The normalized spacial score (nSPS) is 16.1. The number of fused-ring (bicyclic) bond motifs is 1. The molecule has 5 rings (SSSR count). The summed E-state index contributed by atoms with van der Waals surface area (Å²) in [6.07, 6.45) is 2.13. The summed E-state index contributed by atoms with van der Waals surface area (Å²) in [4.78, 5) is 20.8. The molecule has 8 nitrogen and oxygen atoms in total. The predicted octanol–water partition coefficient (Wildman–Crippen LogP) is 4.54. The molecule has 3 aromatic heterocycles. The van der Waals surface area contributed by atoms with Crippen molar-refractivity contribution in [1.82, 2.24) is 15.0 Å². The van der Waals surface area contributed by atoms with Gasteiger partial charge in [-0.15, -0.1) is 0 Å². The van der Waals surface area contributed by atoms with Crippen LogP contribution < -0.4 is 4.74 Å². The number of benzene rings is 1. The first kappa shape index (κ1) is 19.5. The number of aryl methyl sites for hydroxylation is 1. The predicted molar refractivity (Wildman–Crippen MR) is 116 cm³/mol. The molecule has 0 saturated carbocycles. The molecule has 0 spiro atoms. The molecule has 1 aromatic carbocycles. The number of aromatic nitrogens is 2. The van der Waals surface area contributed by atoms with E-state index in [-0.39, 0.29) is 17.7 Å². The standard InChI is InChI=1S/C22H20N4O4S/c1-13-5-8-19(30-13)17-11-18(20-4-3-9-29-20)26(25-17)21(27)12-31-22-23-15-7-6-14(28-2)10-16(15)24-22/h3-10,18H,11-12H2,1-2H3,(H,23,24). The largest absolute Gasteiger partial charge is 0.497 e. The summed E-state index contributed by atoms with van der Waals surface area (Å²) >= 11 is 1.33. The lowest BCUT2D eigenvalue weighted by atomic mass is 10.1. The quantitative estimate of drug-likeness (QED) is 0.446. The van der Waals surface area contributed by atoms with Gasteiger partial charge in [-0.25, -0.2) is 9.99 Å². The van der Waals surface area contributed by atoms with Gasteiger partial charge in [0.05, 0.1) is 30.2 Å². The van der Waals surface area contributed by atoms with E-state index in [1.807, 2.05) is 49.4 Å². The number of hydrazone groups is 1. The number of furan rings is 2. The Morgan fingerprint density at radius 3 is 2.97 bits per heavy atom. The SMILES string of the molecule is COc1ccc2nc(SCC(=O)N3N=C(c4ccc(C)o4)CC3c3ccco3)[nH]c2c1. The second-order valence-electron chi connectivity index (χ2n) is 7.14. The van der Waals surface area contributed by atoms with Crippen LogP contribution in [-0.2, 0) is 4.79 Å². The molecule has 0 saturated heterocycles. The monoisotopic (exact) mass is 436 g/mol. The number of hydrogen-bond acceptors (Lipinski definition) is 7. The fourth-order valence-corrected chi connectivity index (χ4v) is 4.28. The van der Waals surface area contributed by atoms with Gasteiger partial charge >= 0.3 is 0 Å². The Kier molecular flexibility index (Phi) is 5.03. The minimum absolute atomic E-state index is 0.136. The summed E-state index contributed by atoms with van der Waals surface area (Å²) < 4.78 is 16.5. The van der Waals surface area contributed by atoms with Crippen LogP contribution in [0.15, 0.2) is 67.8 Å². The van der Waals surface area contributed by atoms with Crippen LogP contribution in [0.4, 0.5) is 0 Å². The zero-order valence-electron chi connectivity index (χ0n) is 17.0. The van der Waals surface area contributed by atoms with Crippen molar-refractivity contribution in [3.8, 4) is 5.75 Å². The molecule has 1 N–H and O–H groups in total. The van der Waals surface area contributed by atoms with Gasteiger partial charge in [-0.05, 0) is 43.3 Å². The summed E-state index contributed by atoms with van der Waals surface area (Å²) in [5.41, 5.74) is 2.40. The zero-order chi connectivity index (χ0) is 21.4. The highest BCUT2D eigenvalue weighted by molar-refractivity contribution is 7.99. The Balaban J connectivity index is 1.35. The molecule has 0 fully saturated rings. The molecule has 1 amide bonds. The third-order valence-electron chi connectivity index (χ3n) is 5.06. The molecular weight excluding hydrogens is 416 g/mol. The van der Waals surface area contributed by atoms with Gasteiger partial charge in [0, 0.05) is 12.5 Å². The summed E-state index contributed by atoms with van der Waals surface area (Å²) in [5, 5.41) is 6.73. The molecule has 0 bridgehead atoms. The Hall–Kier alpha value is -3.46. The highest BCUT2D eigenvalue weighted by atomic mass is 32.2. The van der Waals surface area contributed by atoms with Crippen LogP contribution in [0.25, 0.3) is 11.0 Å². The minimum atomic E-state index is -0.302. The first-order valence-corrected chi connectivity index (χ1v) is 10.8. The molecule has 1 aliphatic rings. The number of hydrogen-bond donors (Lipinski definition) is 1. The van der Waals surface area contributed by atoms with Crippen LogP contribution in [-0.4, -0.2) is 39.5 Å². The average Bonchev–Trinajstić information content (AvgIpc) is 3.56. The van der Waals surface area contributed by atoms with Crippen molar-refractivity contribution in [2.45, 2.75) is 24.5 Å². The van der Waals surface area contributed by atoms with Gasteiger partial charge in [-0.3, -0.25) is 4.79 Å². The number of aromatic amines is 1. The van der Waals surface area contributed by atoms with E-state index in [0.717, 1.165) is 28.3 Å². The summed E-state index contributed by atoms with van der Waals surface area (Å²) in [7, 11) is 1.62. The second-order valence-corrected chi connectivity index (χ2v) is 8.11. The maximum absolute atomic E-state index is 13.1. The van der Waals surface area contributed by atoms with Crippen molar-refractivity contribution in [3.05, 3.63) is 66.0 Å². The number of imidazole rings is 1. The number of amides is 1. The van der Waals surface area contributed by atoms with Crippen molar-refractivity contribution >= 4 is 34.4 Å². The number of methoxy groups -OCH3 is 1. The molecule has 0 radical (unpaired) electrons. The number of H-pyrrole nitrogens is 1. The van der Waals surface area contributed by atoms with Crippen LogP contribution in [0, 0.1) is 6.92 Å². The summed E-state index contributed by atoms with van der Waals surface area (Å²) in [5.74, 6) is 2.95. The molecule has 9 heteroatoms. The molecule has 31 heavy (non-hydrogen) atoms. The maximum Gasteiger partial charge on any atom is 0.253 e. The van der Waals surface area contributed by atoms with Crippen molar-refractivity contribution in [2.75, 3.05) is 12.9 Å². The van der Waals surface area contributed by atoms with E-state index in [0.29, 0.717) is 23.1 Å². The number of ether oxygens (including phenoxy) is 1. The van der Waals surface area contributed by atoms with Crippen LogP contribution in [0.2, 0.25) is 0 Å². The van der Waals surface area contributed by atoms with E-state index in [2.05, 4.69) is 15.1 Å². The van der Waals surface area contributed by atoms with Gasteiger partial charge in [0.1, 0.15) is 34.8 Å². The van der Waals surface area contributed by atoms with Gasteiger partial charge < -0.3 is 18.6 Å². The van der Waals surface area contributed by atoms with Crippen LogP contribution >= 0.6 is 11.8 Å². The highest BCUT2D eigenvalue weighted by Crippen LogP contribution is 2.34. The van der Waals surface area contributed by atoms with Crippen molar-refractivity contribution < 1.29 is 18.4 Å². The fraction of sp³-hybridized carbons (Fsp3) is 0.227. The second kappa shape index (κ2) is 7.99. The molecule has 1 unspecified atom stereocenters. The molecule has 1 atom stereocenters. The van der Waals surface area contributed by atoms with Gasteiger partial charge in [-0.2, -0.15) is 5.10 Å². The number of carbonyl (C=O) groups is 1. The lowest BCUT2D eigenvalue weighted by Crippen LogP contribution is -2.28. The number of nitrogens with zero attached hydrogens (tertiary/aromatic N) is 3. The average molecular weight is 436 g/mol. The third-order valence-corrected chi connectivity index (χ3v) is 5.92. The first-order valence-electron chi connectivity index (χ1n) is 9.77. The highest BCUT2D eigenvalue weighted by Gasteiger charge is 2.35. The summed E-state index contributed by atoms with van der Waals surface area (Å²) in [6, 6.07) is 12.7. The molecule has 4 aromatic rings. The fourth-order valence-electron chi connectivity index (χ4n) is 3.54. The van der Waals surface area contributed by atoms with Crippen LogP contribution in [0.5, 0.6) is 5.75 Å². The maximum atomic E-state index is 13.1. The Bertz CT molecular complexity index is 1260. The topological polar surface area (TPSA) is 96.9 Å². The zero-order valence-corrected chi connectivity index (χ0v) is 17.8. The van der Waals surface area contributed by atoms with E-state index in [9.17, 15) is 4.79 Å². The van der Waals surface area contributed by atoms with Gasteiger partial charge in [0.2, 0.25) is 0 Å². The van der Waals surface area contributed by atoms with Crippen LogP contribution in [0.3, 0.4) is 0 Å². The Morgan fingerprint density at radius 1 is 1.32 bits per heavy atom. The summed E-state index contributed by atoms with van der Waals surface area (Å²) in [6.45, 7) is 1.88. The van der Waals surface area contributed by atoms with Crippen molar-refractivity contribution in [3.63, 3.8) is 0 Å². The third kappa shape index (κ3) is 3.84. The number of carbonyl (C=O) groups excluding carboxylic acids is 1. The lowest BCUT2D eigenvalue weighted by molar-refractivity contribution is -0.130. The molecule has 0 aliphatic carbocycles. The lowest BCUT2D eigenvalue weighted by Gasteiger charge is -2.19. The Labute approximate surface area is 182 Å². The minimum Gasteiger partial charge on any atom is -0.497 e. The molecular formula is C22H20N4O4S. The van der Waals surface area contributed by atoms with E-state index in [1.165, 1.54) is 16.8 Å². The van der Waals surface area contributed by atoms with E-state index in [4.69, 9.17) is 13.6 Å². The van der Waals surface area contributed by atoms with Gasteiger partial charge in [0.25, 0.3) is 5.91 Å². The van der Waals surface area contributed by atoms with Gasteiger partial charge in [0.15, 0.2) is 5.16 Å². The molecule has 158 valence electrons. The Morgan fingerprint density at radius 2 is 2.23 bits per heavy atom. The first-order chi connectivity index (χ1) is 15.1. The number of nitrogens with one attached hydrogen (secondary N) is 1. The van der Waals surface area contributed by atoms with Crippen molar-refractivity contribution in [1.29, 1.82) is 0 Å². The molecule has 4 heterocycles. The smallest absolute Gasteiger partial charge is 0.253 e. The number of thioether (sulfide) groups is 1. The van der Waals surface area contributed by atoms with Crippen LogP contribution in [0.1, 0.15) is 29.7 Å².